The van der Waals surface area contributed by atoms with Crippen molar-refractivity contribution < 1.29 is 17.9 Å². The number of hydrogen-bond acceptors (Lipinski definition) is 3. The predicted molar refractivity (Wildman–Crippen MR) is 72.6 cm³/mol. The van der Waals surface area contributed by atoms with Crippen LogP contribution in [-0.4, -0.2) is 37.3 Å². The lowest BCUT2D eigenvalue weighted by Gasteiger charge is -2.21. The second-order valence-electron chi connectivity index (χ2n) is 4.54. The van der Waals surface area contributed by atoms with Gasteiger partial charge in [0.15, 0.2) is 0 Å². The molecule has 0 heterocycles. The highest BCUT2D eigenvalue weighted by atomic mass is 19.4. The number of nitrogens with two attached hydrogens (primary N) is 1. The van der Waals surface area contributed by atoms with Gasteiger partial charge < -0.3 is 10.5 Å². The largest absolute Gasteiger partial charge is 0.494 e. The molecule has 0 fully saturated rings. The first-order chi connectivity index (χ1) is 9.44. The van der Waals surface area contributed by atoms with Gasteiger partial charge in [0.2, 0.25) is 0 Å². The van der Waals surface area contributed by atoms with E-state index in [-0.39, 0.29) is 0 Å². The molecule has 0 saturated heterocycles. The van der Waals surface area contributed by atoms with E-state index >= 15 is 0 Å². The molecule has 0 saturated carbocycles. The molecule has 0 unspecified atom stereocenters. The average molecular weight is 290 g/mol. The van der Waals surface area contributed by atoms with Crippen LogP contribution in [0.15, 0.2) is 24.3 Å². The number of ether oxygens (including phenoxy) is 1. The van der Waals surface area contributed by atoms with Crippen molar-refractivity contribution in [2.45, 2.75) is 26.1 Å². The van der Waals surface area contributed by atoms with Crippen molar-refractivity contribution in [3.63, 3.8) is 0 Å². The second-order valence-corrected chi connectivity index (χ2v) is 4.54. The third kappa shape index (κ3) is 6.77. The highest BCUT2D eigenvalue weighted by molar-refractivity contribution is 5.28. The molecular weight excluding hydrogens is 269 g/mol. The lowest BCUT2D eigenvalue weighted by atomic mass is 10.2. The van der Waals surface area contributed by atoms with Crippen molar-refractivity contribution in [3.05, 3.63) is 29.8 Å². The van der Waals surface area contributed by atoms with Gasteiger partial charge >= 0.3 is 6.18 Å². The van der Waals surface area contributed by atoms with Crippen molar-refractivity contribution >= 4 is 0 Å². The van der Waals surface area contributed by atoms with Gasteiger partial charge in [-0.25, -0.2) is 0 Å². The number of alkyl halides is 3. The fourth-order valence-electron chi connectivity index (χ4n) is 1.84. The van der Waals surface area contributed by atoms with Gasteiger partial charge in [0.1, 0.15) is 5.75 Å². The Morgan fingerprint density at radius 3 is 2.65 bits per heavy atom. The molecule has 0 radical (unpaired) electrons. The maximum atomic E-state index is 12.3. The Kier molecular flexibility index (Phi) is 6.81. The number of halogens is 3. The third-order valence-electron chi connectivity index (χ3n) is 2.87. The molecule has 0 aliphatic carbocycles. The third-order valence-corrected chi connectivity index (χ3v) is 2.87. The van der Waals surface area contributed by atoms with Crippen LogP contribution in [0.1, 0.15) is 18.9 Å². The molecule has 1 rings (SSSR count). The van der Waals surface area contributed by atoms with Gasteiger partial charge in [0.25, 0.3) is 0 Å². The van der Waals surface area contributed by atoms with Crippen molar-refractivity contribution in [3.8, 4) is 5.75 Å². The minimum atomic E-state index is -4.15. The Hall–Kier alpha value is -1.27. The summed E-state index contributed by atoms with van der Waals surface area (Å²) in [6.45, 7) is 2.42. The van der Waals surface area contributed by atoms with Crippen LogP contribution in [0.3, 0.4) is 0 Å². The molecule has 114 valence electrons. The molecule has 0 spiro atoms. The van der Waals surface area contributed by atoms with E-state index < -0.39 is 12.7 Å². The molecule has 0 amide bonds. The van der Waals surface area contributed by atoms with Crippen LogP contribution in [0.25, 0.3) is 0 Å². The maximum Gasteiger partial charge on any atom is 0.401 e. The smallest absolute Gasteiger partial charge is 0.401 e. The summed E-state index contributed by atoms with van der Waals surface area (Å²) in [4.78, 5) is 1.36. The van der Waals surface area contributed by atoms with Gasteiger partial charge in [0.05, 0.1) is 13.2 Å². The van der Waals surface area contributed by atoms with Gasteiger partial charge in [-0.05, 0) is 30.7 Å². The van der Waals surface area contributed by atoms with E-state index in [2.05, 4.69) is 0 Å². The van der Waals surface area contributed by atoms with E-state index in [1.807, 2.05) is 24.3 Å². The van der Waals surface area contributed by atoms with E-state index in [0.29, 0.717) is 38.4 Å². The second kappa shape index (κ2) is 8.11. The molecule has 1 aromatic rings. The number of nitrogens with zero attached hydrogens (tertiary/aromatic N) is 1. The quantitative estimate of drug-likeness (QED) is 0.748. The molecule has 1 aromatic carbocycles. The lowest BCUT2D eigenvalue weighted by molar-refractivity contribution is -0.145. The van der Waals surface area contributed by atoms with Crippen LogP contribution in [0.2, 0.25) is 0 Å². The summed E-state index contributed by atoms with van der Waals surface area (Å²) in [5, 5.41) is 0. The number of rotatable bonds is 8. The van der Waals surface area contributed by atoms with Gasteiger partial charge in [-0.1, -0.05) is 19.1 Å². The first kappa shape index (κ1) is 16.8. The molecular formula is C14H21F3N2O. The minimum absolute atomic E-state index is 0.368. The first-order valence-electron chi connectivity index (χ1n) is 6.65. The molecule has 0 aliphatic heterocycles. The van der Waals surface area contributed by atoms with E-state index in [4.69, 9.17) is 10.5 Å². The Morgan fingerprint density at radius 1 is 1.30 bits per heavy atom. The summed E-state index contributed by atoms with van der Waals surface area (Å²) in [6.07, 6.45) is -3.59. The van der Waals surface area contributed by atoms with Gasteiger partial charge in [0, 0.05) is 13.1 Å². The fraction of sp³-hybridized carbons (Fsp3) is 0.571. The van der Waals surface area contributed by atoms with Crippen molar-refractivity contribution in [2.24, 2.45) is 5.73 Å². The summed E-state index contributed by atoms with van der Waals surface area (Å²) >= 11 is 0. The van der Waals surface area contributed by atoms with Crippen LogP contribution in [0, 0.1) is 0 Å². The van der Waals surface area contributed by atoms with Crippen LogP contribution >= 0.6 is 0 Å². The minimum Gasteiger partial charge on any atom is -0.494 e. The van der Waals surface area contributed by atoms with Crippen molar-refractivity contribution in [2.75, 3.05) is 26.2 Å². The summed E-state index contributed by atoms with van der Waals surface area (Å²) in [5.74, 6) is 0.701. The first-order valence-corrected chi connectivity index (χ1v) is 6.65. The molecule has 0 bridgehead atoms. The van der Waals surface area contributed by atoms with Crippen LogP contribution in [0.5, 0.6) is 5.75 Å². The SMILES string of the molecule is CCN(CCCOc1cccc(CN)c1)CC(F)(F)F. The Labute approximate surface area is 117 Å². The number of benzene rings is 1. The van der Waals surface area contributed by atoms with Crippen molar-refractivity contribution in [1.29, 1.82) is 0 Å². The zero-order valence-corrected chi connectivity index (χ0v) is 11.6. The van der Waals surface area contributed by atoms with Gasteiger partial charge in [-0.3, -0.25) is 4.90 Å². The van der Waals surface area contributed by atoms with E-state index in [1.165, 1.54) is 4.90 Å². The van der Waals surface area contributed by atoms with E-state index in [9.17, 15) is 13.2 Å². The summed E-state index contributed by atoms with van der Waals surface area (Å²) < 4.78 is 42.3. The maximum absolute atomic E-state index is 12.3. The van der Waals surface area contributed by atoms with Crippen LogP contribution < -0.4 is 10.5 Å². The topological polar surface area (TPSA) is 38.5 Å². The molecule has 2 N–H and O–H groups in total. The van der Waals surface area contributed by atoms with E-state index in [0.717, 1.165) is 5.56 Å². The normalized spacial score (nSPS) is 11.9. The van der Waals surface area contributed by atoms with Crippen LogP contribution in [0.4, 0.5) is 13.2 Å². The fourth-order valence-corrected chi connectivity index (χ4v) is 1.84. The molecule has 6 heteroatoms. The summed E-state index contributed by atoms with van der Waals surface area (Å²) in [5.41, 5.74) is 6.49. The Balaban J connectivity index is 2.29. The van der Waals surface area contributed by atoms with Gasteiger partial charge in [-0.2, -0.15) is 13.2 Å². The van der Waals surface area contributed by atoms with Gasteiger partial charge in [-0.15, -0.1) is 0 Å². The standard InChI is InChI=1S/C14H21F3N2O/c1-2-19(11-14(15,16)17)7-4-8-20-13-6-3-5-12(9-13)10-18/h3,5-6,9H,2,4,7-8,10-11,18H2,1H3. The van der Waals surface area contributed by atoms with Crippen LogP contribution in [-0.2, 0) is 6.54 Å². The molecule has 0 aromatic heterocycles. The lowest BCUT2D eigenvalue weighted by Crippen LogP contribution is -2.35. The Morgan fingerprint density at radius 2 is 2.05 bits per heavy atom. The summed E-state index contributed by atoms with van der Waals surface area (Å²) in [7, 11) is 0. The molecule has 3 nitrogen and oxygen atoms in total. The zero-order chi connectivity index (χ0) is 15.0. The highest BCUT2D eigenvalue weighted by Gasteiger charge is 2.29. The predicted octanol–water partition coefficient (Wildman–Crippen LogP) is 2.80. The molecule has 0 atom stereocenters. The van der Waals surface area contributed by atoms with E-state index in [1.54, 1.807) is 6.92 Å². The highest BCUT2D eigenvalue weighted by Crippen LogP contribution is 2.17. The molecule has 0 aliphatic rings. The monoisotopic (exact) mass is 290 g/mol. The summed E-state index contributed by atoms with van der Waals surface area (Å²) in [6, 6.07) is 7.40. The zero-order valence-electron chi connectivity index (χ0n) is 11.6. The van der Waals surface area contributed by atoms with Crippen molar-refractivity contribution in [1.82, 2.24) is 4.90 Å². The average Bonchev–Trinajstić information content (AvgIpc) is 2.41. The Bertz CT molecular complexity index is 396. The molecule has 20 heavy (non-hydrogen) atoms. The number of hydrogen-bond donors (Lipinski definition) is 1.